The fourth-order valence-corrected chi connectivity index (χ4v) is 14.1. The Morgan fingerprint density at radius 3 is 1.23 bits per heavy atom. The number of nitrogens with zero attached hydrogens (tertiary/aromatic N) is 2. The Hall–Kier alpha value is 0.134. The van der Waals surface area contributed by atoms with E-state index in [1.807, 2.05) is 57.2 Å². The van der Waals surface area contributed by atoms with E-state index in [4.69, 9.17) is 0 Å². The molecule has 0 saturated carbocycles. The van der Waals surface area contributed by atoms with Crippen LogP contribution in [-0.4, -0.2) is 49.2 Å². The van der Waals surface area contributed by atoms with Gasteiger partial charge in [0.05, 0.1) is 11.4 Å². The zero-order chi connectivity index (χ0) is 15.9. The van der Waals surface area contributed by atoms with E-state index in [2.05, 4.69) is 59.3 Å². The second-order valence-corrected chi connectivity index (χ2v) is 22.2. The maximum atomic E-state index is 4.63. The fraction of sp³-hybridized carbons (Fsp3) is 0.286. The van der Waals surface area contributed by atoms with Gasteiger partial charge in [-0.1, -0.05) is 12.1 Å². The highest BCUT2D eigenvalue weighted by molar-refractivity contribution is 8.55. The van der Waals surface area contributed by atoms with Crippen LogP contribution in [-0.2, 0) is 0 Å². The molecule has 2 heterocycles. The highest BCUT2D eigenvalue weighted by Crippen LogP contribution is 2.17. The molecule has 2 nitrogen and oxygen atoms in total. The first kappa shape index (κ1) is 18.5. The van der Waals surface area contributed by atoms with Crippen molar-refractivity contribution < 1.29 is 0 Å². The number of hydrogen-bond donors (Lipinski definition) is 0. The summed E-state index contributed by atoms with van der Waals surface area (Å²) in [5, 5.41) is 2.80. The van der Waals surface area contributed by atoms with Crippen LogP contribution in [0.5, 0.6) is 0 Å². The summed E-state index contributed by atoms with van der Waals surface area (Å²) in [5.41, 5.74) is 1.94. The third kappa shape index (κ3) is 4.58. The first-order valence-electron chi connectivity index (χ1n) is 6.77. The van der Waals surface area contributed by atoms with E-state index in [9.17, 15) is 0 Å². The minimum atomic E-state index is -0.945. The maximum absolute atomic E-state index is 4.63. The van der Waals surface area contributed by atoms with E-state index in [1.54, 1.807) is 0 Å². The monoisotopic (exact) mass is 400 g/mol. The topological polar surface area (TPSA) is 25.8 Å². The molecule has 0 atom stereocenters. The van der Waals surface area contributed by atoms with E-state index < -0.39 is 14.2 Å². The van der Waals surface area contributed by atoms with Crippen molar-refractivity contribution in [1.29, 1.82) is 0 Å². The molecule has 118 valence electrons. The third-order valence-corrected chi connectivity index (χ3v) is 22.1. The molecule has 2 aromatic heterocycles. The van der Waals surface area contributed by atoms with E-state index in [-0.39, 0.29) is 0 Å². The molecule has 0 amide bonds. The zero-order valence-corrected chi connectivity index (χ0v) is 18.7. The molecule has 2 rings (SSSR count). The first-order valence-corrected chi connectivity index (χ1v) is 18.7. The average molecular weight is 401 g/mol. The molecule has 0 bridgehead atoms. The molecule has 2 aromatic rings. The van der Waals surface area contributed by atoms with Gasteiger partial charge in [-0.2, -0.15) is 44.8 Å². The minimum absolute atomic E-state index is 0.945. The van der Waals surface area contributed by atoms with Gasteiger partial charge in [-0.15, -0.1) is 0 Å². The summed E-state index contributed by atoms with van der Waals surface area (Å²) in [6, 6.07) is 8.68. The summed E-state index contributed by atoms with van der Waals surface area (Å²) in [6.45, 7) is 0. The standard InChI is InChI=1S/C14H20N2S4Si2/c1-17-21(18-2)11-5-7-13(15-9-11)14-8-6-12(10-16-14)22(19-3)20-4/h5-10,21-22H,1-4H3. The largest absolute Gasteiger partial charge is 0.255 e. The molecule has 0 spiro atoms. The van der Waals surface area contributed by atoms with Gasteiger partial charge in [0, 0.05) is 12.4 Å². The molecule has 0 aliphatic heterocycles. The molecular weight excluding hydrogens is 381 g/mol. The van der Waals surface area contributed by atoms with Crippen LogP contribution < -0.4 is 10.4 Å². The Morgan fingerprint density at radius 2 is 1.00 bits per heavy atom. The number of pyridine rings is 2. The van der Waals surface area contributed by atoms with Crippen molar-refractivity contribution in [2.45, 2.75) is 0 Å². The molecule has 0 N–H and O–H groups in total. The van der Waals surface area contributed by atoms with E-state index >= 15 is 0 Å². The molecule has 22 heavy (non-hydrogen) atoms. The minimum Gasteiger partial charge on any atom is -0.255 e. The summed E-state index contributed by atoms with van der Waals surface area (Å²) in [4.78, 5) is 9.25. The van der Waals surface area contributed by atoms with Gasteiger partial charge in [0.15, 0.2) is 14.2 Å². The van der Waals surface area contributed by atoms with Crippen LogP contribution in [0.15, 0.2) is 36.7 Å². The van der Waals surface area contributed by atoms with E-state index in [1.165, 1.54) is 10.4 Å². The Kier molecular flexibility index (Phi) is 7.92. The van der Waals surface area contributed by atoms with Crippen molar-refractivity contribution in [1.82, 2.24) is 9.97 Å². The number of aromatic nitrogens is 2. The lowest BCUT2D eigenvalue weighted by Crippen LogP contribution is -2.24. The fourth-order valence-electron chi connectivity index (χ4n) is 2.13. The van der Waals surface area contributed by atoms with E-state index in [0.717, 1.165) is 11.4 Å². The lowest BCUT2D eigenvalue weighted by Gasteiger charge is -2.11. The van der Waals surface area contributed by atoms with Gasteiger partial charge in [0.2, 0.25) is 0 Å². The molecule has 0 unspecified atom stereocenters. The van der Waals surface area contributed by atoms with Gasteiger partial charge >= 0.3 is 0 Å². The van der Waals surface area contributed by atoms with Gasteiger partial charge < -0.3 is 0 Å². The molecule has 0 aromatic carbocycles. The van der Waals surface area contributed by atoms with Crippen molar-refractivity contribution in [3.05, 3.63) is 36.7 Å². The zero-order valence-electron chi connectivity index (χ0n) is 13.1. The highest BCUT2D eigenvalue weighted by Gasteiger charge is 2.13. The summed E-state index contributed by atoms with van der Waals surface area (Å²) < 4.78 is 0. The Bertz CT molecular complexity index is 519. The average Bonchev–Trinajstić information content (AvgIpc) is 2.58. The van der Waals surface area contributed by atoms with Crippen LogP contribution in [0.1, 0.15) is 0 Å². The lowest BCUT2D eigenvalue weighted by molar-refractivity contribution is 1.26. The second-order valence-electron chi connectivity index (χ2n) is 4.56. The molecule has 8 heteroatoms. The van der Waals surface area contributed by atoms with Crippen molar-refractivity contribution >= 4 is 69.4 Å². The van der Waals surface area contributed by atoms with Gasteiger partial charge in [0.25, 0.3) is 0 Å². The van der Waals surface area contributed by atoms with Gasteiger partial charge in [-0.05, 0) is 47.5 Å². The van der Waals surface area contributed by atoms with Crippen LogP contribution in [0.3, 0.4) is 0 Å². The van der Waals surface area contributed by atoms with Crippen LogP contribution in [0, 0.1) is 0 Å². The van der Waals surface area contributed by atoms with Gasteiger partial charge in [-0.25, -0.2) is 0 Å². The van der Waals surface area contributed by atoms with Crippen molar-refractivity contribution in [3.8, 4) is 11.4 Å². The van der Waals surface area contributed by atoms with Crippen molar-refractivity contribution in [2.24, 2.45) is 0 Å². The molecule has 0 aliphatic rings. The third-order valence-electron chi connectivity index (χ3n) is 3.24. The Morgan fingerprint density at radius 1 is 0.636 bits per heavy atom. The van der Waals surface area contributed by atoms with Crippen LogP contribution in [0.25, 0.3) is 11.4 Å². The normalized spacial score (nSPS) is 11.4. The van der Waals surface area contributed by atoms with Crippen LogP contribution in [0.2, 0.25) is 0 Å². The Balaban J connectivity index is 2.18. The number of rotatable bonds is 7. The summed E-state index contributed by atoms with van der Waals surface area (Å²) in [6.07, 6.45) is 12.9. The lowest BCUT2D eigenvalue weighted by atomic mass is 10.2. The highest BCUT2D eigenvalue weighted by atomic mass is 32.6. The second kappa shape index (κ2) is 9.43. The van der Waals surface area contributed by atoms with Gasteiger partial charge in [0.1, 0.15) is 0 Å². The summed E-state index contributed by atoms with van der Waals surface area (Å²) in [5.74, 6) is 0. The SMILES string of the molecule is CS[SiH](SC)c1ccc(-c2ccc([SiH](SC)SC)cn2)nc1. The van der Waals surface area contributed by atoms with Crippen molar-refractivity contribution in [3.63, 3.8) is 0 Å². The smallest absolute Gasteiger partial charge is 0.192 e. The van der Waals surface area contributed by atoms with Gasteiger partial charge in [-0.3, -0.25) is 9.97 Å². The predicted molar refractivity (Wildman–Crippen MR) is 115 cm³/mol. The van der Waals surface area contributed by atoms with Crippen LogP contribution >= 0.6 is 44.8 Å². The van der Waals surface area contributed by atoms with E-state index in [0.29, 0.717) is 0 Å². The molecule has 0 radical (unpaired) electrons. The quantitative estimate of drug-likeness (QED) is 0.662. The van der Waals surface area contributed by atoms with Crippen LogP contribution in [0.4, 0.5) is 0 Å². The van der Waals surface area contributed by atoms with Crippen molar-refractivity contribution in [2.75, 3.05) is 25.0 Å². The first-order chi connectivity index (χ1) is 10.7. The molecule has 0 fully saturated rings. The Labute approximate surface area is 151 Å². The summed E-state index contributed by atoms with van der Waals surface area (Å²) in [7, 11) is -1.89. The molecular formula is C14H20N2S4Si2. The summed E-state index contributed by atoms with van der Waals surface area (Å²) >= 11 is 7.92. The predicted octanol–water partition coefficient (Wildman–Crippen LogP) is 2.45. The maximum Gasteiger partial charge on any atom is 0.192 e. The number of hydrogen-bond acceptors (Lipinski definition) is 6. The molecule has 0 saturated heterocycles. The molecule has 0 aliphatic carbocycles.